The van der Waals surface area contributed by atoms with Crippen LogP contribution in [0.1, 0.15) is 43.5 Å². The number of allylic oxidation sites excluding steroid dienone is 1. The summed E-state index contributed by atoms with van der Waals surface area (Å²) in [6, 6.07) is 14.9. The lowest BCUT2D eigenvalue weighted by atomic mass is 9.83. The summed E-state index contributed by atoms with van der Waals surface area (Å²) in [4.78, 5) is 0. The van der Waals surface area contributed by atoms with E-state index in [9.17, 15) is 18.4 Å². The number of rotatable bonds is 6. The number of fused-ring (bicyclic) bond motifs is 1. The second kappa shape index (κ2) is 9.25. The van der Waals surface area contributed by atoms with Crippen molar-refractivity contribution in [3.8, 4) is 29.1 Å². The summed E-state index contributed by atoms with van der Waals surface area (Å²) < 4.78 is 60.8. The number of ether oxygens (including phenoxy) is 3. The van der Waals surface area contributed by atoms with E-state index in [0.29, 0.717) is 29.4 Å². The Labute approximate surface area is 200 Å². The van der Waals surface area contributed by atoms with E-state index >= 15 is 0 Å². The molecule has 7 nitrogen and oxygen atoms in total. The SMILES string of the molecule is CCOc1cc([C@@H]2C(C#N)=C(N)Oc3c2c(C(F)(F)F)nn3-c2ccccc2)ccc1OC(C)C. The number of nitriles is 1. The van der Waals surface area contributed by atoms with Gasteiger partial charge in [0.05, 0.1) is 29.9 Å². The minimum atomic E-state index is -4.82. The molecule has 0 saturated carbocycles. The van der Waals surface area contributed by atoms with E-state index in [1.807, 2.05) is 19.9 Å². The van der Waals surface area contributed by atoms with E-state index in [-0.39, 0.29) is 29.0 Å². The smallest absolute Gasteiger partial charge is 0.435 e. The van der Waals surface area contributed by atoms with Gasteiger partial charge >= 0.3 is 6.18 Å². The fourth-order valence-corrected chi connectivity index (χ4v) is 3.95. The fraction of sp³-hybridized carbons (Fsp3) is 0.280. The van der Waals surface area contributed by atoms with Crippen LogP contribution in [0.3, 0.4) is 0 Å². The number of benzene rings is 2. The summed E-state index contributed by atoms with van der Waals surface area (Å²) in [5.41, 5.74) is 5.13. The molecule has 0 spiro atoms. The van der Waals surface area contributed by atoms with Crippen molar-refractivity contribution in [2.24, 2.45) is 5.73 Å². The van der Waals surface area contributed by atoms with Gasteiger partial charge in [-0.1, -0.05) is 24.3 Å². The molecule has 0 fully saturated rings. The first-order chi connectivity index (χ1) is 16.7. The number of alkyl halides is 3. The van der Waals surface area contributed by atoms with Crippen molar-refractivity contribution in [3.05, 3.63) is 76.8 Å². The number of nitrogens with zero attached hydrogens (tertiary/aromatic N) is 3. The Kier molecular flexibility index (Phi) is 6.35. The zero-order valence-electron chi connectivity index (χ0n) is 19.3. The molecule has 0 radical (unpaired) electrons. The zero-order chi connectivity index (χ0) is 25.3. The van der Waals surface area contributed by atoms with Crippen LogP contribution in [-0.4, -0.2) is 22.5 Å². The largest absolute Gasteiger partial charge is 0.490 e. The minimum Gasteiger partial charge on any atom is -0.490 e. The average Bonchev–Trinajstić information content (AvgIpc) is 3.19. The maximum atomic E-state index is 14.2. The van der Waals surface area contributed by atoms with Gasteiger partial charge in [0.2, 0.25) is 11.8 Å². The third kappa shape index (κ3) is 4.49. The highest BCUT2D eigenvalue weighted by molar-refractivity contribution is 5.59. The molecule has 0 saturated heterocycles. The normalized spacial score (nSPS) is 15.4. The van der Waals surface area contributed by atoms with E-state index in [1.165, 1.54) is 0 Å². The average molecular weight is 484 g/mol. The first-order valence-corrected chi connectivity index (χ1v) is 10.9. The van der Waals surface area contributed by atoms with Gasteiger partial charge in [0.25, 0.3) is 0 Å². The monoisotopic (exact) mass is 484 g/mol. The number of para-hydroxylation sites is 1. The van der Waals surface area contributed by atoms with Crippen molar-refractivity contribution in [3.63, 3.8) is 0 Å². The number of halogens is 3. The highest BCUT2D eigenvalue weighted by atomic mass is 19.4. The maximum Gasteiger partial charge on any atom is 0.435 e. The van der Waals surface area contributed by atoms with Crippen LogP contribution in [0.25, 0.3) is 5.69 Å². The van der Waals surface area contributed by atoms with Crippen LogP contribution in [0.15, 0.2) is 60.0 Å². The van der Waals surface area contributed by atoms with Crippen LogP contribution in [0, 0.1) is 11.3 Å². The summed E-state index contributed by atoms with van der Waals surface area (Å²) >= 11 is 0. The van der Waals surface area contributed by atoms with Crippen molar-refractivity contribution >= 4 is 0 Å². The third-order valence-corrected chi connectivity index (χ3v) is 5.28. The first-order valence-electron chi connectivity index (χ1n) is 10.9. The molecule has 182 valence electrons. The second-order valence-electron chi connectivity index (χ2n) is 8.04. The highest BCUT2D eigenvalue weighted by Crippen LogP contribution is 2.49. The quantitative estimate of drug-likeness (QED) is 0.511. The van der Waals surface area contributed by atoms with Gasteiger partial charge in [0, 0.05) is 0 Å². The molecule has 1 atom stereocenters. The summed E-state index contributed by atoms with van der Waals surface area (Å²) in [7, 11) is 0. The molecule has 1 aromatic heterocycles. The molecule has 0 aliphatic carbocycles. The zero-order valence-corrected chi connectivity index (χ0v) is 19.3. The standard InChI is InChI=1S/C25H23F3N4O3/c1-4-33-19-12-15(10-11-18(19)34-14(2)3)20-17(13-29)23(30)35-24-21(20)22(25(26,27)28)31-32(24)16-8-6-5-7-9-16/h5-12,14,20H,4,30H2,1-3H3/t20-/m1/s1. The number of nitrogens with two attached hydrogens (primary N) is 1. The number of hydrogen-bond acceptors (Lipinski definition) is 6. The fourth-order valence-electron chi connectivity index (χ4n) is 3.95. The van der Waals surface area contributed by atoms with E-state index in [2.05, 4.69) is 5.10 Å². The Balaban J connectivity index is 1.98. The summed E-state index contributed by atoms with van der Waals surface area (Å²) in [5, 5.41) is 13.7. The van der Waals surface area contributed by atoms with E-state index in [1.54, 1.807) is 55.5 Å². The maximum absolute atomic E-state index is 14.2. The van der Waals surface area contributed by atoms with Gasteiger partial charge in [0.1, 0.15) is 11.6 Å². The van der Waals surface area contributed by atoms with Gasteiger partial charge in [-0.05, 0) is 50.6 Å². The van der Waals surface area contributed by atoms with Gasteiger partial charge in [-0.15, -0.1) is 0 Å². The van der Waals surface area contributed by atoms with Crippen molar-refractivity contribution in [1.82, 2.24) is 9.78 Å². The second-order valence-corrected chi connectivity index (χ2v) is 8.04. The lowest BCUT2D eigenvalue weighted by Gasteiger charge is -2.26. The van der Waals surface area contributed by atoms with Gasteiger partial charge < -0.3 is 19.9 Å². The molecule has 4 rings (SSSR count). The van der Waals surface area contributed by atoms with Crippen LogP contribution in [-0.2, 0) is 6.18 Å². The van der Waals surface area contributed by atoms with Crippen LogP contribution in [0.4, 0.5) is 13.2 Å². The van der Waals surface area contributed by atoms with Gasteiger partial charge in [-0.2, -0.15) is 28.2 Å². The first kappa shape index (κ1) is 24.0. The molecule has 2 aromatic carbocycles. The molecular formula is C25H23F3N4O3. The van der Waals surface area contributed by atoms with E-state index in [4.69, 9.17) is 19.9 Å². The van der Waals surface area contributed by atoms with Crippen molar-refractivity contribution in [1.29, 1.82) is 5.26 Å². The molecule has 1 aliphatic rings. The molecule has 35 heavy (non-hydrogen) atoms. The molecule has 0 bridgehead atoms. The van der Waals surface area contributed by atoms with Gasteiger partial charge in [0.15, 0.2) is 17.2 Å². The molecule has 2 N–H and O–H groups in total. The van der Waals surface area contributed by atoms with Crippen molar-refractivity contribution in [2.75, 3.05) is 6.61 Å². The van der Waals surface area contributed by atoms with E-state index in [0.717, 1.165) is 4.68 Å². The molecule has 0 amide bonds. The minimum absolute atomic E-state index is 0.152. The van der Waals surface area contributed by atoms with Crippen LogP contribution in [0.2, 0.25) is 0 Å². The predicted molar refractivity (Wildman–Crippen MR) is 121 cm³/mol. The predicted octanol–water partition coefficient (Wildman–Crippen LogP) is 5.30. The van der Waals surface area contributed by atoms with Crippen molar-refractivity contribution < 1.29 is 27.4 Å². The van der Waals surface area contributed by atoms with Crippen LogP contribution < -0.4 is 19.9 Å². The Morgan fingerprint density at radius 3 is 2.49 bits per heavy atom. The third-order valence-electron chi connectivity index (χ3n) is 5.28. The Hall–Kier alpha value is -4.13. The van der Waals surface area contributed by atoms with E-state index < -0.39 is 17.8 Å². The Bertz CT molecular complexity index is 1310. The summed E-state index contributed by atoms with van der Waals surface area (Å²) in [5.74, 6) is -0.914. The topological polar surface area (TPSA) is 95.3 Å². The molecular weight excluding hydrogens is 461 g/mol. The van der Waals surface area contributed by atoms with Gasteiger partial charge in [-0.25, -0.2) is 0 Å². The Morgan fingerprint density at radius 2 is 1.89 bits per heavy atom. The van der Waals surface area contributed by atoms with Crippen LogP contribution in [0.5, 0.6) is 17.4 Å². The highest BCUT2D eigenvalue weighted by Gasteiger charge is 2.46. The lowest BCUT2D eigenvalue weighted by Crippen LogP contribution is -2.23. The Morgan fingerprint density at radius 1 is 1.17 bits per heavy atom. The summed E-state index contributed by atoms with van der Waals surface area (Å²) in [6.07, 6.45) is -4.97. The van der Waals surface area contributed by atoms with Crippen molar-refractivity contribution in [2.45, 2.75) is 39.0 Å². The molecule has 0 unspecified atom stereocenters. The van der Waals surface area contributed by atoms with Crippen LogP contribution >= 0.6 is 0 Å². The van der Waals surface area contributed by atoms with Gasteiger partial charge in [-0.3, -0.25) is 0 Å². The summed E-state index contributed by atoms with van der Waals surface area (Å²) in [6.45, 7) is 5.78. The lowest BCUT2D eigenvalue weighted by molar-refractivity contribution is -0.142. The molecule has 3 aromatic rings. The molecule has 1 aliphatic heterocycles. The number of hydrogen-bond donors (Lipinski definition) is 1. The molecule has 10 heteroatoms. The molecule has 2 heterocycles. The number of aromatic nitrogens is 2.